The first-order valence-electron chi connectivity index (χ1n) is 7.43. The molecule has 0 saturated carbocycles. The normalized spacial score (nSPS) is 26.5. The second kappa shape index (κ2) is 6.09. The van der Waals surface area contributed by atoms with Gasteiger partial charge in [0.25, 0.3) is 0 Å². The van der Waals surface area contributed by atoms with Crippen LogP contribution >= 0.6 is 11.6 Å². The van der Waals surface area contributed by atoms with E-state index in [9.17, 15) is 8.78 Å². The summed E-state index contributed by atoms with van der Waals surface area (Å²) in [6.45, 7) is 9.83. The Hall–Kier alpha value is -0.870. The van der Waals surface area contributed by atoms with Crippen LogP contribution in [-0.4, -0.2) is 24.7 Å². The van der Waals surface area contributed by atoms with Crippen LogP contribution in [0.1, 0.15) is 34.1 Å². The summed E-state index contributed by atoms with van der Waals surface area (Å²) in [5, 5.41) is 3.68. The minimum atomic E-state index is -0.643. The highest BCUT2D eigenvalue weighted by Gasteiger charge is 2.37. The average Bonchev–Trinajstić information content (AvgIpc) is 2.37. The molecule has 2 rings (SSSR count). The zero-order valence-corrected chi connectivity index (χ0v) is 13.8. The lowest BCUT2D eigenvalue weighted by Crippen LogP contribution is -2.64. The van der Waals surface area contributed by atoms with E-state index in [2.05, 4.69) is 33.0 Å². The molecular formula is C16H23ClF2N2. The van der Waals surface area contributed by atoms with E-state index in [-0.39, 0.29) is 16.6 Å². The van der Waals surface area contributed by atoms with Crippen molar-refractivity contribution in [3.63, 3.8) is 0 Å². The Morgan fingerprint density at radius 2 is 2.10 bits per heavy atom. The molecule has 2 unspecified atom stereocenters. The predicted molar refractivity (Wildman–Crippen MR) is 84.0 cm³/mol. The van der Waals surface area contributed by atoms with Crippen LogP contribution in [0.2, 0.25) is 5.02 Å². The van der Waals surface area contributed by atoms with Gasteiger partial charge in [-0.25, -0.2) is 8.78 Å². The molecule has 0 aromatic heterocycles. The highest BCUT2D eigenvalue weighted by molar-refractivity contribution is 6.33. The fourth-order valence-corrected chi connectivity index (χ4v) is 3.20. The fraction of sp³-hybridized carbons (Fsp3) is 0.625. The maximum absolute atomic E-state index is 14.3. The quantitative estimate of drug-likeness (QED) is 0.898. The van der Waals surface area contributed by atoms with Crippen LogP contribution in [0.15, 0.2) is 12.1 Å². The van der Waals surface area contributed by atoms with Crippen molar-refractivity contribution >= 4 is 17.3 Å². The molecule has 0 spiro atoms. The van der Waals surface area contributed by atoms with Crippen LogP contribution in [0.5, 0.6) is 0 Å². The Morgan fingerprint density at radius 3 is 2.62 bits per heavy atom. The molecule has 2 nitrogen and oxygen atoms in total. The summed E-state index contributed by atoms with van der Waals surface area (Å²) in [6.07, 6.45) is 0.925. The molecule has 1 aliphatic heterocycles. The molecule has 0 amide bonds. The highest BCUT2D eigenvalue weighted by atomic mass is 35.5. The number of hydrogen-bond acceptors (Lipinski definition) is 2. The van der Waals surface area contributed by atoms with Gasteiger partial charge in [0.2, 0.25) is 0 Å². The van der Waals surface area contributed by atoms with E-state index in [1.807, 2.05) is 4.90 Å². The molecule has 118 valence electrons. The van der Waals surface area contributed by atoms with Crippen LogP contribution in [0.4, 0.5) is 14.5 Å². The summed E-state index contributed by atoms with van der Waals surface area (Å²) in [4.78, 5) is 2.00. The molecule has 1 saturated heterocycles. The zero-order chi connectivity index (χ0) is 15.8. The van der Waals surface area contributed by atoms with E-state index in [1.165, 1.54) is 6.07 Å². The molecule has 1 aromatic carbocycles. The summed E-state index contributed by atoms with van der Waals surface area (Å²) >= 11 is 6.13. The molecule has 0 aliphatic carbocycles. The molecule has 1 fully saturated rings. The van der Waals surface area contributed by atoms with E-state index >= 15 is 0 Å². The van der Waals surface area contributed by atoms with Gasteiger partial charge >= 0.3 is 0 Å². The molecule has 1 aliphatic rings. The number of anilines is 1. The number of nitrogens with zero attached hydrogens (tertiary/aromatic N) is 1. The summed E-state index contributed by atoms with van der Waals surface area (Å²) in [5.41, 5.74) is 0.216. The van der Waals surface area contributed by atoms with Crippen LogP contribution in [-0.2, 0) is 0 Å². The van der Waals surface area contributed by atoms with Gasteiger partial charge in [-0.2, -0.15) is 0 Å². The summed E-state index contributed by atoms with van der Waals surface area (Å²) in [7, 11) is 0. The third kappa shape index (κ3) is 3.32. The molecule has 0 bridgehead atoms. The standard InChI is InChI=1S/C16H23ClF2N2/c1-5-16(4)9-21(14(8-20-16)10(2)3)15-12(17)6-11(18)7-13(15)19/h6-7,10,14,20H,5,8-9H2,1-4H3. The molecule has 5 heteroatoms. The topological polar surface area (TPSA) is 15.3 Å². The minimum Gasteiger partial charge on any atom is -0.362 e. The van der Waals surface area contributed by atoms with Crippen molar-refractivity contribution in [2.75, 3.05) is 18.0 Å². The van der Waals surface area contributed by atoms with Crippen LogP contribution in [0, 0.1) is 17.6 Å². The number of halogens is 3. The summed E-state index contributed by atoms with van der Waals surface area (Å²) in [6, 6.07) is 2.22. The number of rotatable bonds is 3. The first kappa shape index (κ1) is 16.5. The third-order valence-corrected chi connectivity index (χ3v) is 4.76. The lowest BCUT2D eigenvalue weighted by atomic mass is 9.89. The number of nitrogens with one attached hydrogen (secondary N) is 1. The van der Waals surface area contributed by atoms with E-state index < -0.39 is 11.6 Å². The Labute approximate surface area is 130 Å². The minimum absolute atomic E-state index is 0.102. The van der Waals surface area contributed by atoms with E-state index in [0.29, 0.717) is 18.2 Å². The zero-order valence-electron chi connectivity index (χ0n) is 13.0. The number of piperazine rings is 1. The van der Waals surface area contributed by atoms with Gasteiger partial charge in [0, 0.05) is 30.7 Å². The highest BCUT2D eigenvalue weighted by Crippen LogP contribution is 2.35. The number of benzene rings is 1. The molecule has 1 heterocycles. The van der Waals surface area contributed by atoms with Crippen molar-refractivity contribution in [2.45, 2.75) is 45.7 Å². The van der Waals surface area contributed by atoms with Gasteiger partial charge in [-0.05, 0) is 25.3 Å². The molecule has 2 atom stereocenters. The first-order chi connectivity index (χ1) is 9.77. The van der Waals surface area contributed by atoms with Gasteiger partial charge in [-0.15, -0.1) is 0 Å². The lowest BCUT2D eigenvalue weighted by Gasteiger charge is -2.49. The second-order valence-corrected chi connectivity index (χ2v) is 6.86. The summed E-state index contributed by atoms with van der Waals surface area (Å²) < 4.78 is 27.6. The lowest BCUT2D eigenvalue weighted by molar-refractivity contribution is 0.251. The predicted octanol–water partition coefficient (Wildman–Crippen LogP) is 4.22. The monoisotopic (exact) mass is 316 g/mol. The van der Waals surface area contributed by atoms with Gasteiger partial charge in [0.1, 0.15) is 5.82 Å². The Kier molecular flexibility index (Phi) is 4.79. The van der Waals surface area contributed by atoms with Crippen molar-refractivity contribution < 1.29 is 8.78 Å². The Balaban J connectivity index is 2.45. The van der Waals surface area contributed by atoms with Crippen molar-refractivity contribution in [1.82, 2.24) is 5.32 Å². The maximum Gasteiger partial charge on any atom is 0.150 e. The SMILES string of the molecule is CCC1(C)CN(c2c(F)cc(F)cc2Cl)C(C(C)C)CN1. The van der Waals surface area contributed by atoms with E-state index in [0.717, 1.165) is 19.0 Å². The maximum atomic E-state index is 14.3. The van der Waals surface area contributed by atoms with Crippen molar-refractivity contribution in [3.05, 3.63) is 28.8 Å². The van der Waals surface area contributed by atoms with Crippen LogP contribution in [0.3, 0.4) is 0 Å². The molecular weight excluding hydrogens is 294 g/mol. The van der Waals surface area contributed by atoms with Crippen molar-refractivity contribution in [3.8, 4) is 0 Å². The van der Waals surface area contributed by atoms with E-state index in [1.54, 1.807) is 0 Å². The smallest absolute Gasteiger partial charge is 0.150 e. The molecule has 1 aromatic rings. The largest absolute Gasteiger partial charge is 0.362 e. The van der Waals surface area contributed by atoms with Gasteiger partial charge < -0.3 is 10.2 Å². The molecule has 1 N–H and O–H groups in total. The van der Waals surface area contributed by atoms with Gasteiger partial charge in [-0.3, -0.25) is 0 Å². The third-order valence-electron chi connectivity index (χ3n) is 4.48. The fourth-order valence-electron chi connectivity index (χ4n) is 2.90. The van der Waals surface area contributed by atoms with Crippen LogP contribution < -0.4 is 10.2 Å². The molecule has 0 radical (unpaired) electrons. The summed E-state index contributed by atoms with van der Waals surface area (Å²) in [5.74, 6) is -0.902. The van der Waals surface area contributed by atoms with Gasteiger partial charge in [0.15, 0.2) is 5.82 Å². The van der Waals surface area contributed by atoms with Crippen molar-refractivity contribution in [1.29, 1.82) is 0 Å². The van der Waals surface area contributed by atoms with Gasteiger partial charge in [0.05, 0.1) is 10.7 Å². The Bertz CT molecular complexity index is 498. The second-order valence-electron chi connectivity index (χ2n) is 6.45. The van der Waals surface area contributed by atoms with Crippen LogP contribution in [0.25, 0.3) is 0 Å². The first-order valence-corrected chi connectivity index (χ1v) is 7.81. The van der Waals surface area contributed by atoms with Crippen molar-refractivity contribution in [2.24, 2.45) is 5.92 Å². The Morgan fingerprint density at radius 1 is 1.43 bits per heavy atom. The van der Waals surface area contributed by atoms with Gasteiger partial charge in [-0.1, -0.05) is 32.4 Å². The number of hydrogen-bond donors (Lipinski definition) is 1. The average molecular weight is 317 g/mol. The molecule has 21 heavy (non-hydrogen) atoms. The van der Waals surface area contributed by atoms with E-state index in [4.69, 9.17) is 11.6 Å².